The Bertz CT molecular complexity index is 1600. The number of benzene rings is 1. The number of aliphatic hydroxyl groups excluding tert-OH is 1. The number of alkyl halides is 3. The Balaban J connectivity index is 1.13. The zero-order chi connectivity index (χ0) is 35.7. The number of rotatable bonds is 11. The van der Waals surface area contributed by atoms with Crippen LogP contribution in [0.2, 0.25) is 0 Å². The smallest absolute Gasteiger partial charge is 0.422 e. The van der Waals surface area contributed by atoms with Crippen molar-refractivity contribution in [2.24, 2.45) is 17.3 Å². The van der Waals surface area contributed by atoms with Gasteiger partial charge in [0, 0.05) is 37.4 Å². The highest BCUT2D eigenvalue weighted by Crippen LogP contribution is 2.64. The van der Waals surface area contributed by atoms with Crippen LogP contribution in [0.1, 0.15) is 56.1 Å². The van der Waals surface area contributed by atoms with Crippen LogP contribution in [0.5, 0.6) is 0 Å². The molecule has 2 N–H and O–H groups in total. The van der Waals surface area contributed by atoms with Gasteiger partial charge in [0.05, 0.1) is 13.2 Å². The molecule has 51 heavy (non-hydrogen) atoms. The van der Waals surface area contributed by atoms with E-state index in [1.165, 1.54) is 16.0 Å². The molecule has 1 aromatic carbocycles. The van der Waals surface area contributed by atoms with E-state index in [2.05, 4.69) is 10.1 Å². The van der Waals surface area contributed by atoms with Gasteiger partial charge in [0.1, 0.15) is 35.9 Å². The number of hydrogen-bond donors (Lipinski definition) is 2. The number of nitrogens with zero attached hydrogens (tertiary/aromatic N) is 2. The number of esters is 2. The molecule has 7 fully saturated rings. The first kappa shape index (κ1) is 34.5. The Kier molecular flexibility index (Phi) is 8.68. The van der Waals surface area contributed by atoms with Crippen LogP contribution < -0.4 is 5.32 Å². The van der Waals surface area contributed by atoms with Crippen LogP contribution in [0.4, 0.5) is 13.2 Å². The number of carbonyl (C=O) groups excluding carboxylic acids is 4. The normalized spacial score (nSPS) is 34.0. The predicted octanol–water partition coefficient (Wildman–Crippen LogP) is 2.01. The number of hydrogen-bond acceptors (Lipinski definition) is 11. The zero-order valence-corrected chi connectivity index (χ0v) is 27.7. The summed E-state index contributed by atoms with van der Waals surface area (Å²) in [7, 11) is 0. The summed E-state index contributed by atoms with van der Waals surface area (Å²) in [6, 6.07) is 4.72. The Morgan fingerprint density at radius 2 is 1.78 bits per heavy atom. The molecule has 8 rings (SSSR count). The van der Waals surface area contributed by atoms with Crippen molar-refractivity contribution in [2.75, 3.05) is 26.3 Å². The van der Waals surface area contributed by atoms with E-state index in [9.17, 15) is 32.7 Å². The molecular formula is C35H40F3N3O10. The van der Waals surface area contributed by atoms with E-state index in [0.29, 0.717) is 24.0 Å². The molecule has 13 nitrogen and oxygen atoms in total. The van der Waals surface area contributed by atoms with Gasteiger partial charge in [-0.2, -0.15) is 18.2 Å². The van der Waals surface area contributed by atoms with E-state index in [-0.39, 0.29) is 44.5 Å². The average molecular weight is 720 g/mol. The first-order valence-electron chi connectivity index (χ1n) is 17.6. The van der Waals surface area contributed by atoms with Crippen LogP contribution >= 0.6 is 0 Å². The number of fused-ring (bicyclic) bond motifs is 4. The Morgan fingerprint density at radius 1 is 1.06 bits per heavy atom. The summed E-state index contributed by atoms with van der Waals surface area (Å²) < 4.78 is 61.8. The van der Waals surface area contributed by atoms with Crippen LogP contribution in [0.3, 0.4) is 0 Å². The summed E-state index contributed by atoms with van der Waals surface area (Å²) in [4.78, 5) is 62.7. The lowest BCUT2D eigenvalue weighted by molar-refractivity contribution is -0.235. The predicted molar refractivity (Wildman–Crippen MR) is 166 cm³/mol. The fourth-order valence-corrected chi connectivity index (χ4v) is 8.86. The standard InChI is InChI=1S/C35H40F3N3O10/c36-34(37,38)18-47-25(43)12-7-19-4-1-2-5-20(19)17-41-28-31(45)48-24-16-33(28,32(46)40-14-3-6-23(40)30(44)39-13-15-42)29(51-41)27-26(24)49-35(50-27,21-8-9-21)22-10-11-22/h1-2,4-5,7,12,21-24,26-29,42H,3,6,8-11,13-18H2,(H,39,44). The quantitative estimate of drug-likeness (QED) is 0.255. The first-order chi connectivity index (χ1) is 24.4. The number of halogens is 3. The molecule has 4 saturated heterocycles. The highest BCUT2D eigenvalue weighted by molar-refractivity contribution is 5.96. The first-order valence-corrected chi connectivity index (χ1v) is 17.6. The fraction of sp³-hybridized carbons (Fsp3) is 0.657. The van der Waals surface area contributed by atoms with Gasteiger partial charge in [-0.05, 0) is 55.7 Å². The van der Waals surface area contributed by atoms with Gasteiger partial charge in [0.15, 0.2) is 18.4 Å². The van der Waals surface area contributed by atoms with Gasteiger partial charge in [-0.25, -0.2) is 4.79 Å². The molecule has 4 heterocycles. The number of aliphatic hydroxyl groups is 1. The number of hydroxylamine groups is 2. The van der Waals surface area contributed by atoms with Gasteiger partial charge in [0.2, 0.25) is 11.8 Å². The molecule has 3 aliphatic carbocycles. The van der Waals surface area contributed by atoms with E-state index >= 15 is 4.79 Å². The Hall–Kier alpha value is -3.57. The third-order valence-corrected chi connectivity index (χ3v) is 11.3. The van der Waals surface area contributed by atoms with E-state index in [1.54, 1.807) is 24.3 Å². The molecule has 2 amide bonds. The zero-order valence-electron chi connectivity index (χ0n) is 27.7. The number of amides is 2. The molecule has 7 unspecified atom stereocenters. The van der Waals surface area contributed by atoms with E-state index in [1.807, 2.05) is 0 Å². The van der Waals surface area contributed by atoms with Crippen molar-refractivity contribution in [1.29, 1.82) is 0 Å². The lowest BCUT2D eigenvalue weighted by Gasteiger charge is -2.50. The number of ether oxygens (including phenoxy) is 4. The number of carbonyl (C=O) groups is 4. The summed E-state index contributed by atoms with van der Waals surface area (Å²) in [5.41, 5.74) is -0.511. The molecule has 0 radical (unpaired) electrons. The third kappa shape index (κ3) is 6.02. The molecule has 276 valence electrons. The van der Waals surface area contributed by atoms with Gasteiger partial charge in [-0.1, -0.05) is 24.3 Å². The highest BCUT2D eigenvalue weighted by Gasteiger charge is 2.78. The molecule has 4 aliphatic heterocycles. The van der Waals surface area contributed by atoms with Crippen molar-refractivity contribution in [3.63, 3.8) is 0 Å². The molecular weight excluding hydrogens is 679 g/mol. The lowest BCUT2D eigenvalue weighted by atomic mass is 9.62. The summed E-state index contributed by atoms with van der Waals surface area (Å²) in [6.07, 6.45) is -0.805. The molecule has 1 aromatic rings. The van der Waals surface area contributed by atoms with Gasteiger partial charge >= 0.3 is 18.1 Å². The van der Waals surface area contributed by atoms with E-state index < -0.39 is 84.2 Å². The third-order valence-electron chi connectivity index (χ3n) is 11.3. The minimum absolute atomic E-state index is 0.0340. The summed E-state index contributed by atoms with van der Waals surface area (Å²) in [5, 5.41) is 13.4. The van der Waals surface area contributed by atoms with Crippen LogP contribution in [0.25, 0.3) is 6.08 Å². The number of nitrogens with one attached hydrogen (secondary N) is 1. The molecule has 0 aromatic heterocycles. The second kappa shape index (κ2) is 12.8. The summed E-state index contributed by atoms with van der Waals surface area (Å²) in [6.45, 7) is -1.73. The van der Waals surface area contributed by atoms with Crippen molar-refractivity contribution in [3.05, 3.63) is 41.5 Å². The van der Waals surface area contributed by atoms with Gasteiger partial charge < -0.3 is 34.3 Å². The Morgan fingerprint density at radius 3 is 2.49 bits per heavy atom. The maximum absolute atomic E-state index is 15.1. The minimum atomic E-state index is -4.67. The maximum atomic E-state index is 15.1. The molecule has 7 aliphatic rings. The fourth-order valence-electron chi connectivity index (χ4n) is 8.86. The second-order valence-corrected chi connectivity index (χ2v) is 14.6. The van der Waals surface area contributed by atoms with E-state index in [4.69, 9.17) is 19.0 Å². The van der Waals surface area contributed by atoms with Crippen molar-refractivity contribution in [1.82, 2.24) is 15.3 Å². The van der Waals surface area contributed by atoms with Crippen LogP contribution in [0, 0.1) is 17.3 Å². The molecule has 2 bridgehead atoms. The van der Waals surface area contributed by atoms with Gasteiger partial charge in [0.25, 0.3) is 0 Å². The topological polar surface area (TPSA) is 153 Å². The Labute approximate surface area is 291 Å². The van der Waals surface area contributed by atoms with Crippen LogP contribution in [0.15, 0.2) is 30.3 Å². The van der Waals surface area contributed by atoms with Crippen molar-refractivity contribution < 1.29 is 61.2 Å². The lowest BCUT2D eigenvalue weighted by Crippen LogP contribution is -2.70. The molecule has 3 saturated carbocycles. The highest BCUT2D eigenvalue weighted by atomic mass is 19.4. The van der Waals surface area contributed by atoms with Crippen molar-refractivity contribution in [3.8, 4) is 0 Å². The largest absolute Gasteiger partial charge is 0.458 e. The van der Waals surface area contributed by atoms with E-state index in [0.717, 1.165) is 31.8 Å². The van der Waals surface area contributed by atoms with Crippen molar-refractivity contribution in [2.45, 2.75) is 100.0 Å². The summed E-state index contributed by atoms with van der Waals surface area (Å²) in [5.74, 6) is -3.15. The summed E-state index contributed by atoms with van der Waals surface area (Å²) >= 11 is 0. The minimum Gasteiger partial charge on any atom is -0.458 e. The molecule has 16 heteroatoms. The number of likely N-dealkylation sites (tertiary alicyclic amines) is 1. The van der Waals surface area contributed by atoms with Crippen LogP contribution in [-0.4, -0.2) is 114 Å². The SMILES string of the molecule is O=C(C=Cc1ccccc1CN1OC2C3OC(C4CC4)(C4CC4)OC3C3CC2(C(=O)N2CCCC2C(=O)NCCO)C1C(=O)O3)OCC(F)(F)F. The molecule has 0 spiro atoms. The average Bonchev–Trinajstić information content (AvgIpc) is 4.02. The van der Waals surface area contributed by atoms with Crippen molar-refractivity contribution >= 4 is 29.8 Å². The maximum Gasteiger partial charge on any atom is 0.422 e. The second-order valence-electron chi connectivity index (χ2n) is 14.6. The van der Waals surface area contributed by atoms with Gasteiger partial charge in [-0.3, -0.25) is 19.2 Å². The van der Waals surface area contributed by atoms with Crippen LogP contribution in [-0.2, 0) is 49.5 Å². The van der Waals surface area contributed by atoms with Gasteiger partial charge in [-0.15, -0.1) is 0 Å². The molecule has 7 atom stereocenters. The monoisotopic (exact) mass is 719 g/mol.